The molecule has 6 nitrogen and oxygen atoms in total. The highest BCUT2D eigenvalue weighted by molar-refractivity contribution is 7.16. The summed E-state index contributed by atoms with van der Waals surface area (Å²) < 4.78 is 0. The fourth-order valence-electron chi connectivity index (χ4n) is 2.31. The lowest BCUT2D eigenvalue weighted by atomic mass is 9.99. The van der Waals surface area contributed by atoms with E-state index >= 15 is 0 Å². The molecule has 0 unspecified atom stereocenters. The number of hydrogen-bond acceptors (Lipinski definition) is 5. The fourth-order valence-corrected chi connectivity index (χ4v) is 3.32. The topological polar surface area (TPSA) is 82.5 Å². The molecule has 0 aliphatic carbocycles. The molecule has 0 saturated carbocycles. The Morgan fingerprint density at radius 2 is 2.10 bits per heavy atom. The number of nitrogens with one attached hydrogen (secondary N) is 1. The van der Waals surface area contributed by atoms with Gasteiger partial charge in [-0.15, -0.1) is 0 Å². The number of amides is 1. The molecule has 2 N–H and O–H groups in total. The highest BCUT2D eigenvalue weighted by atomic mass is 32.1. The summed E-state index contributed by atoms with van der Waals surface area (Å²) in [6, 6.07) is 0. The number of carbonyl (C=O) groups excluding carboxylic acids is 1. The van der Waals surface area contributed by atoms with Crippen molar-refractivity contribution < 1.29 is 14.7 Å². The highest BCUT2D eigenvalue weighted by Crippen LogP contribution is 2.27. The second-order valence-corrected chi connectivity index (χ2v) is 6.54. The first-order chi connectivity index (χ1) is 9.99. The van der Waals surface area contributed by atoms with Crippen LogP contribution in [0, 0.1) is 5.92 Å². The van der Waals surface area contributed by atoms with E-state index in [0.717, 1.165) is 31.8 Å². The minimum Gasteiger partial charge on any atom is -0.476 e. The molecule has 1 aliphatic rings. The molecule has 0 atom stereocenters. The predicted octanol–water partition coefficient (Wildman–Crippen LogP) is 2.42. The maximum atomic E-state index is 11.4. The number of rotatable bonds is 5. The molecule has 0 bridgehead atoms. The van der Waals surface area contributed by atoms with Crippen molar-refractivity contribution in [1.82, 2.24) is 9.88 Å². The Bertz CT molecular complexity index is 522. The van der Waals surface area contributed by atoms with Crippen LogP contribution < -0.4 is 5.32 Å². The van der Waals surface area contributed by atoms with E-state index in [1.807, 2.05) is 0 Å². The normalized spacial score (nSPS) is 16.9. The molecular formula is C14H21N3O3S. The second-order valence-electron chi connectivity index (χ2n) is 5.46. The standard InChI is InChI=1S/C14H21N3O3S/c1-3-11(18)15-14-16-12(13(19)20)10(21-14)8-17-6-4-9(2)5-7-17/h9H,3-8H2,1-2H3,(H,19,20)(H,15,16,18). The van der Waals surface area contributed by atoms with Gasteiger partial charge in [0.25, 0.3) is 0 Å². The monoisotopic (exact) mass is 311 g/mol. The summed E-state index contributed by atoms with van der Waals surface area (Å²) in [4.78, 5) is 29.7. The number of aromatic nitrogens is 1. The molecule has 1 aromatic rings. The van der Waals surface area contributed by atoms with E-state index in [1.54, 1.807) is 6.92 Å². The molecule has 1 saturated heterocycles. The van der Waals surface area contributed by atoms with Crippen LogP contribution in [-0.4, -0.2) is 40.0 Å². The lowest BCUT2D eigenvalue weighted by Gasteiger charge is -2.29. The molecule has 21 heavy (non-hydrogen) atoms. The first-order valence-electron chi connectivity index (χ1n) is 7.24. The third-order valence-electron chi connectivity index (χ3n) is 3.71. The number of carbonyl (C=O) groups is 2. The Kier molecular flexibility index (Phi) is 5.30. The maximum Gasteiger partial charge on any atom is 0.355 e. The Hall–Kier alpha value is -1.47. The van der Waals surface area contributed by atoms with E-state index in [-0.39, 0.29) is 11.6 Å². The number of piperidine rings is 1. The van der Waals surface area contributed by atoms with Crippen LogP contribution in [0.15, 0.2) is 0 Å². The van der Waals surface area contributed by atoms with Gasteiger partial charge in [-0.3, -0.25) is 9.69 Å². The fraction of sp³-hybridized carbons (Fsp3) is 0.643. The number of thiazole rings is 1. The van der Waals surface area contributed by atoms with Gasteiger partial charge in [0.1, 0.15) is 0 Å². The van der Waals surface area contributed by atoms with Gasteiger partial charge in [0.05, 0.1) is 4.88 Å². The number of anilines is 1. The average molecular weight is 311 g/mol. The van der Waals surface area contributed by atoms with E-state index in [2.05, 4.69) is 22.1 Å². The van der Waals surface area contributed by atoms with Gasteiger partial charge in [0, 0.05) is 13.0 Å². The average Bonchev–Trinajstić information content (AvgIpc) is 2.84. The number of carboxylic acid groups (broad SMARTS) is 1. The smallest absolute Gasteiger partial charge is 0.355 e. The van der Waals surface area contributed by atoms with Gasteiger partial charge in [-0.2, -0.15) is 0 Å². The molecule has 1 aliphatic heterocycles. The first-order valence-corrected chi connectivity index (χ1v) is 8.06. The van der Waals surface area contributed by atoms with Crippen molar-refractivity contribution in [2.24, 2.45) is 5.92 Å². The molecule has 0 spiro atoms. The van der Waals surface area contributed by atoms with Gasteiger partial charge >= 0.3 is 5.97 Å². The quantitative estimate of drug-likeness (QED) is 0.872. The third-order valence-corrected chi connectivity index (χ3v) is 4.67. The maximum absolute atomic E-state index is 11.4. The van der Waals surface area contributed by atoms with Crippen LogP contribution in [0.2, 0.25) is 0 Å². The van der Waals surface area contributed by atoms with Crippen molar-refractivity contribution in [2.45, 2.75) is 39.7 Å². The van der Waals surface area contributed by atoms with Crippen molar-refractivity contribution in [2.75, 3.05) is 18.4 Å². The van der Waals surface area contributed by atoms with Crippen LogP contribution in [0.3, 0.4) is 0 Å². The molecule has 1 amide bonds. The van der Waals surface area contributed by atoms with Crippen LogP contribution in [0.5, 0.6) is 0 Å². The Balaban J connectivity index is 2.09. The van der Waals surface area contributed by atoms with Crippen molar-refractivity contribution in [3.05, 3.63) is 10.6 Å². The van der Waals surface area contributed by atoms with Crippen LogP contribution in [0.25, 0.3) is 0 Å². The summed E-state index contributed by atoms with van der Waals surface area (Å²) in [5.41, 5.74) is 0.0602. The molecule has 2 rings (SSSR count). The Morgan fingerprint density at radius 1 is 1.43 bits per heavy atom. The van der Waals surface area contributed by atoms with Gasteiger partial charge < -0.3 is 10.4 Å². The number of nitrogens with zero attached hydrogens (tertiary/aromatic N) is 2. The summed E-state index contributed by atoms with van der Waals surface area (Å²) in [5.74, 6) is -0.455. The predicted molar refractivity (Wildman–Crippen MR) is 81.7 cm³/mol. The van der Waals surface area contributed by atoms with Gasteiger partial charge in [-0.05, 0) is 31.8 Å². The van der Waals surface area contributed by atoms with Crippen molar-refractivity contribution in [1.29, 1.82) is 0 Å². The molecular weight excluding hydrogens is 290 g/mol. The lowest BCUT2D eigenvalue weighted by Crippen LogP contribution is -2.32. The minimum atomic E-state index is -1.04. The second kappa shape index (κ2) is 7.00. The van der Waals surface area contributed by atoms with E-state index in [4.69, 9.17) is 0 Å². The summed E-state index contributed by atoms with van der Waals surface area (Å²) in [7, 11) is 0. The Morgan fingerprint density at radius 3 is 2.67 bits per heavy atom. The zero-order valence-corrected chi connectivity index (χ0v) is 13.2. The van der Waals surface area contributed by atoms with Crippen molar-refractivity contribution in [3.63, 3.8) is 0 Å². The largest absolute Gasteiger partial charge is 0.476 e. The minimum absolute atomic E-state index is 0.0602. The number of carboxylic acids is 1. The summed E-state index contributed by atoms with van der Waals surface area (Å²) in [5, 5.41) is 12.3. The molecule has 116 valence electrons. The zero-order valence-electron chi connectivity index (χ0n) is 12.4. The van der Waals surface area contributed by atoms with Gasteiger partial charge in [0.15, 0.2) is 10.8 Å². The molecule has 7 heteroatoms. The third kappa shape index (κ3) is 4.25. The van der Waals surface area contributed by atoms with E-state index < -0.39 is 5.97 Å². The number of hydrogen-bond donors (Lipinski definition) is 2. The van der Waals surface area contributed by atoms with Crippen molar-refractivity contribution in [3.8, 4) is 0 Å². The SMILES string of the molecule is CCC(=O)Nc1nc(C(=O)O)c(CN2CCC(C)CC2)s1. The molecule has 0 radical (unpaired) electrons. The van der Waals surface area contributed by atoms with Crippen molar-refractivity contribution >= 4 is 28.3 Å². The first kappa shape index (κ1) is 15.9. The Labute approximate surface area is 128 Å². The highest BCUT2D eigenvalue weighted by Gasteiger charge is 2.22. The molecule has 1 aromatic heterocycles. The van der Waals surface area contributed by atoms with Crippen LogP contribution in [-0.2, 0) is 11.3 Å². The lowest BCUT2D eigenvalue weighted by molar-refractivity contribution is -0.115. The van der Waals surface area contributed by atoms with E-state index in [0.29, 0.717) is 23.0 Å². The summed E-state index contributed by atoms with van der Waals surface area (Å²) in [6.07, 6.45) is 2.63. The molecule has 2 heterocycles. The van der Waals surface area contributed by atoms with Gasteiger partial charge in [-0.25, -0.2) is 9.78 Å². The molecule has 1 fully saturated rings. The van der Waals surface area contributed by atoms with E-state index in [9.17, 15) is 14.7 Å². The number of aromatic carboxylic acids is 1. The number of likely N-dealkylation sites (tertiary alicyclic amines) is 1. The van der Waals surface area contributed by atoms with Crippen LogP contribution >= 0.6 is 11.3 Å². The van der Waals surface area contributed by atoms with Gasteiger partial charge in [0.2, 0.25) is 5.91 Å². The van der Waals surface area contributed by atoms with Crippen LogP contribution in [0.4, 0.5) is 5.13 Å². The summed E-state index contributed by atoms with van der Waals surface area (Å²) >= 11 is 1.26. The van der Waals surface area contributed by atoms with Gasteiger partial charge in [-0.1, -0.05) is 25.2 Å². The zero-order chi connectivity index (χ0) is 15.4. The molecule has 0 aromatic carbocycles. The summed E-state index contributed by atoms with van der Waals surface area (Å²) in [6.45, 7) is 6.54. The van der Waals surface area contributed by atoms with E-state index in [1.165, 1.54) is 11.3 Å². The van der Waals surface area contributed by atoms with Crippen LogP contribution in [0.1, 0.15) is 48.5 Å².